The normalized spacial score (nSPS) is 10.8. The Kier molecular flexibility index (Phi) is 10.2. The van der Waals surface area contributed by atoms with Crippen LogP contribution >= 0.6 is 15.9 Å². The lowest BCUT2D eigenvalue weighted by Gasteiger charge is -2.10. The monoisotopic (exact) mass is 577 g/mol. The van der Waals surface area contributed by atoms with Crippen LogP contribution in [0.3, 0.4) is 0 Å². The Hall–Kier alpha value is -3.79. The van der Waals surface area contributed by atoms with Gasteiger partial charge in [-0.2, -0.15) is 0 Å². The van der Waals surface area contributed by atoms with Crippen molar-refractivity contribution < 1.29 is 23.8 Å². The first-order valence-electron chi connectivity index (χ1n) is 12.2. The van der Waals surface area contributed by atoms with Crippen LogP contribution in [0.15, 0.2) is 89.7 Å². The Morgan fingerprint density at radius 1 is 0.789 bits per heavy atom. The summed E-state index contributed by atoms with van der Waals surface area (Å²) in [7, 11) is 0. The van der Waals surface area contributed by atoms with Crippen LogP contribution in [0.4, 0.5) is 16.2 Å². The summed E-state index contributed by atoms with van der Waals surface area (Å²) < 4.78 is 17.0. The van der Waals surface area contributed by atoms with Crippen LogP contribution in [-0.4, -0.2) is 50.0 Å². The van der Waals surface area contributed by atoms with Crippen LogP contribution in [0.5, 0.6) is 0 Å². The zero-order chi connectivity index (χ0) is 26.6. The average molecular weight is 578 g/mol. The number of aromatic nitrogens is 1. The molecule has 0 aliphatic rings. The van der Waals surface area contributed by atoms with E-state index in [-0.39, 0.29) is 19.1 Å². The smallest absolute Gasteiger partial charge is 0.411 e. The van der Waals surface area contributed by atoms with Gasteiger partial charge in [0.15, 0.2) is 0 Å². The molecule has 0 radical (unpaired) electrons. The molecule has 0 spiro atoms. The van der Waals surface area contributed by atoms with Crippen LogP contribution < -0.4 is 10.6 Å². The lowest BCUT2D eigenvalue weighted by Crippen LogP contribution is -2.17. The largest absolute Gasteiger partial charge is 0.447 e. The van der Waals surface area contributed by atoms with Gasteiger partial charge in [0.1, 0.15) is 6.61 Å². The second kappa shape index (κ2) is 14.2. The molecule has 0 aliphatic heterocycles. The Morgan fingerprint density at radius 3 is 2.34 bits per heavy atom. The van der Waals surface area contributed by atoms with Crippen molar-refractivity contribution in [3.8, 4) is 0 Å². The SMILES string of the molecule is O=C(Nc1cccc2ccccc12)OCCOCCOCCc1ccc(NC(=O)c2cncc(Br)c2)cc1. The fraction of sp³-hybridized carbons (Fsp3) is 0.207. The Balaban J connectivity index is 1.05. The molecule has 196 valence electrons. The number of carbonyl (C=O) groups is 2. The number of carbonyl (C=O) groups excluding carboxylic acids is 2. The molecule has 4 aromatic rings. The first-order chi connectivity index (χ1) is 18.6. The molecule has 0 saturated heterocycles. The second-order valence-electron chi connectivity index (χ2n) is 8.31. The van der Waals surface area contributed by atoms with Crippen molar-refractivity contribution in [2.24, 2.45) is 0 Å². The molecule has 4 rings (SSSR count). The number of fused-ring (bicyclic) bond motifs is 1. The molecule has 38 heavy (non-hydrogen) atoms. The summed E-state index contributed by atoms with van der Waals surface area (Å²) in [4.78, 5) is 28.4. The standard InChI is InChI=1S/C29H28BrN3O5/c30-24-18-23(19-31-20-24)28(34)32-25-10-8-21(9-11-25)12-13-36-14-15-37-16-17-38-29(35)33-27-7-3-5-22-4-1-2-6-26(22)27/h1-11,18-20H,12-17H2,(H,32,34)(H,33,35). The highest BCUT2D eigenvalue weighted by molar-refractivity contribution is 9.10. The first kappa shape index (κ1) is 27.3. The molecule has 0 bridgehead atoms. The summed E-state index contributed by atoms with van der Waals surface area (Å²) in [6.45, 7) is 1.83. The highest BCUT2D eigenvalue weighted by Gasteiger charge is 2.08. The summed E-state index contributed by atoms with van der Waals surface area (Å²) in [5.41, 5.74) is 2.99. The van der Waals surface area contributed by atoms with E-state index >= 15 is 0 Å². The molecule has 1 aromatic heterocycles. The topological polar surface area (TPSA) is 98.8 Å². The number of hydrogen-bond acceptors (Lipinski definition) is 6. The van der Waals surface area contributed by atoms with Gasteiger partial charge < -0.3 is 19.5 Å². The van der Waals surface area contributed by atoms with Crippen molar-refractivity contribution in [2.75, 3.05) is 43.7 Å². The minimum atomic E-state index is -0.517. The number of amides is 2. The number of benzene rings is 3. The van der Waals surface area contributed by atoms with Crippen molar-refractivity contribution in [3.63, 3.8) is 0 Å². The number of rotatable bonds is 12. The van der Waals surface area contributed by atoms with Crippen LogP contribution in [0.1, 0.15) is 15.9 Å². The average Bonchev–Trinajstić information content (AvgIpc) is 2.93. The number of pyridine rings is 1. The summed E-state index contributed by atoms with van der Waals surface area (Å²) in [6, 6.07) is 22.9. The van der Waals surface area contributed by atoms with Gasteiger partial charge in [0.05, 0.1) is 37.7 Å². The van der Waals surface area contributed by atoms with Gasteiger partial charge in [0.2, 0.25) is 0 Å². The van der Waals surface area contributed by atoms with E-state index in [0.29, 0.717) is 36.8 Å². The number of nitrogens with zero attached hydrogens (tertiary/aromatic N) is 1. The van der Waals surface area contributed by atoms with Gasteiger partial charge in [0, 0.05) is 27.9 Å². The third-order valence-electron chi connectivity index (χ3n) is 5.57. The van der Waals surface area contributed by atoms with E-state index in [2.05, 4.69) is 31.5 Å². The zero-order valence-electron chi connectivity index (χ0n) is 20.7. The van der Waals surface area contributed by atoms with Crippen molar-refractivity contribution >= 4 is 50.1 Å². The van der Waals surface area contributed by atoms with Crippen molar-refractivity contribution in [2.45, 2.75) is 6.42 Å². The van der Waals surface area contributed by atoms with E-state index < -0.39 is 6.09 Å². The molecule has 2 N–H and O–H groups in total. The molecule has 0 atom stereocenters. The quantitative estimate of drug-likeness (QED) is 0.198. The minimum Gasteiger partial charge on any atom is -0.447 e. The van der Waals surface area contributed by atoms with Gasteiger partial charge in [-0.15, -0.1) is 0 Å². The first-order valence-corrected chi connectivity index (χ1v) is 13.0. The maximum atomic E-state index is 12.3. The number of nitrogens with one attached hydrogen (secondary N) is 2. The number of halogens is 1. The number of anilines is 2. The second-order valence-corrected chi connectivity index (χ2v) is 9.22. The third-order valence-corrected chi connectivity index (χ3v) is 6.01. The molecule has 2 amide bonds. The van der Waals surface area contributed by atoms with Gasteiger partial charge in [-0.1, -0.05) is 48.5 Å². The van der Waals surface area contributed by atoms with Gasteiger partial charge in [-0.25, -0.2) is 4.79 Å². The fourth-order valence-electron chi connectivity index (χ4n) is 3.68. The molecule has 8 nitrogen and oxygen atoms in total. The van der Waals surface area contributed by atoms with Crippen molar-refractivity contribution in [1.29, 1.82) is 0 Å². The summed E-state index contributed by atoms with van der Waals surface area (Å²) >= 11 is 3.31. The van der Waals surface area contributed by atoms with Crippen molar-refractivity contribution in [1.82, 2.24) is 4.98 Å². The molecule has 1 heterocycles. The lowest BCUT2D eigenvalue weighted by molar-refractivity contribution is 0.0307. The predicted molar refractivity (Wildman–Crippen MR) is 151 cm³/mol. The van der Waals surface area contributed by atoms with E-state index in [9.17, 15) is 9.59 Å². The maximum Gasteiger partial charge on any atom is 0.411 e. The summed E-state index contributed by atoms with van der Waals surface area (Å²) in [5, 5.41) is 7.63. The molecular weight excluding hydrogens is 550 g/mol. The minimum absolute atomic E-state index is 0.150. The highest BCUT2D eigenvalue weighted by Crippen LogP contribution is 2.23. The Morgan fingerprint density at radius 2 is 1.53 bits per heavy atom. The molecule has 0 aliphatic carbocycles. The van der Waals surface area contributed by atoms with Gasteiger partial charge >= 0.3 is 6.09 Å². The Labute approximate surface area is 229 Å². The number of ether oxygens (including phenoxy) is 3. The lowest BCUT2D eigenvalue weighted by atomic mass is 10.1. The number of hydrogen-bond donors (Lipinski definition) is 2. The van der Waals surface area contributed by atoms with Crippen LogP contribution in [-0.2, 0) is 20.6 Å². The Bertz CT molecular complexity index is 1360. The van der Waals surface area contributed by atoms with Crippen LogP contribution in [0.2, 0.25) is 0 Å². The molecule has 0 unspecified atom stereocenters. The van der Waals surface area contributed by atoms with E-state index in [0.717, 1.165) is 27.2 Å². The van der Waals surface area contributed by atoms with Crippen LogP contribution in [0.25, 0.3) is 10.8 Å². The molecule has 9 heteroatoms. The maximum absolute atomic E-state index is 12.3. The van der Waals surface area contributed by atoms with Gasteiger partial charge in [0.25, 0.3) is 5.91 Å². The summed E-state index contributed by atoms with van der Waals surface area (Å²) in [5.74, 6) is -0.217. The molecule has 0 saturated carbocycles. The summed E-state index contributed by atoms with van der Waals surface area (Å²) in [6.07, 6.45) is 3.37. The highest BCUT2D eigenvalue weighted by atomic mass is 79.9. The van der Waals surface area contributed by atoms with E-state index in [4.69, 9.17) is 14.2 Å². The van der Waals surface area contributed by atoms with E-state index in [1.807, 2.05) is 66.7 Å². The predicted octanol–water partition coefficient (Wildman–Crippen LogP) is 6.07. The van der Waals surface area contributed by atoms with Gasteiger partial charge in [-0.05, 0) is 57.6 Å². The van der Waals surface area contributed by atoms with Crippen LogP contribution in [0, 0.1) is 0 Å². The molecule has 0 fully saturated rings. The van der Waals surface area contributed by atoms with Gasteiger partial charge in [-0.3, -0.25) is 15.1 Å². The molecule has 3 aromatic carbocycles. The zero-order valence-corrected chi connectivity index (χ0v) is 22.3. The van der Waals surface area contributed by atoms with E-state index in [1.165, 1.54) is 6.20 Å². The fourth-order valence-corrected chi connectivity index (χ4v) is 4.04. The van der Waals surface area contributed by atoms with Crippen molar-refractivity contribution in [3.05, 3.63) is 101 Å². The van der Waals surface area contributed by atoms with E-state index in [1.54, 1.807) is 12.3 Å². The molecular formula is C29H28BrN3O5. The third kappa shape index (κ3) is 8.37.